The Labute approximate surface area is 125 Å². The van der Waals surface area contributed by atoms with E-state index in [2.05, 4.69) is 65.2 Å². The van der Waals surface area contributed by atoms with Gasteiger partial charge in [-0.1, -0.05) is 13.8 Å². The lowest BCUT2D eigenvalue weighted by molar-refractivity contribution is -0.0451. The summed E-state index contributed by atoms with van der Waals surface area (Å²) in [5, 5.41) is 0. The molecule has 0 bridgehead atoms. The summed E-state index contributed by atoms with van der Waals surface area (Å²) < 4.78 is 0. The topological polar surface area (TPSA) is 6.48 Å². The van der Waals surface area contributed by atoms with Crippen LogP contribution in [0.25, 0.3) is 0 Å². The van der Waals surface area contributed by atoms with Crippen LogP contribution in [0.2, 0.25) is 0 Å². The predicted octanol–water partition coefficient (Wildman–Crippen LogP) is 3.47. The number of hydrogen-bond donors (Lipinski definition) is 0. The van der Waals surface area contributed by atoms with Gasteiger partial charge >= 0.3 is 0 Å². The molecular weight excluding hydrogens is 244 g/mol. The second kappa shape index (κ2) is 4.71. The maximum atomic E-state index is 2.85. The minimum atomic E-state index is 0.694. The van der Waals surface area contributed by atoms with E-state index in [4.69, 9.17) is 0 Å². The highest BCUT2D eigenvalue weighted by molar-refractivity contribution is 5.21. The Morgan fingerprint density at radius 1 is 0.600 bits per heavy atom. The summed E-state index contributed by atoms with van der Waals surface area (Å²) in [6.07, 6.45) is 0. The molecule has 3 fully saturated rings. The quantitative estimate of drug-likeness (QED) is 0.763. The van der Waals surface area contributed by atoms with Crippen LogP contribution < -0.4 is 0 Å². The number of likely N-dealkylation sites (tertiary alicyclic amines) is 2. The Balaban J connectivity index is 1.93. The average molecular weight is 278 g/mol. The first kappa shape index (κ1) is 14.8. The summed E-state index contributed by atoms with van der Waals surface area (Å²) in [7, 11) is 0. The largest absolute Gasteiger partial charge is 0.294 e. The maximum absolute atomic E-state index is 2.85. The van der Waals surface area contributed by atoms with E-state index in [1.54, 1.807) is 0 Å². The molecular formula is C18H34N2. The van der Waals surface area contributed by atoms with E-state index in [1.807, 2.05) is 0 Å². The van der Waals surface area contributed by atoms with Crippen LogP contribution in [0.3, 0.4) is 0 Å². The summed E-state index contributed by atoms with van der Waals surface area (Å²) in [4.78, 5) is 5.70. The van der Waals surface area contributed by atoms with E-state index in [9.17, 15) is 0 Å². The molecule has 1 aliphatic carbocycles. The molecule has 2 aliphatic heterocycles. The first-order valence-corrected chi connectivity index (χ1v) is 8.83. The molecule has 0 N–H and O–H groups in total. The maximum Gasteiger partial charge on any atom is 0.0194 e. The Kier molecular flexibility index (Phi) is 3.49. The van der Waals surface area contributed by atoms with Gasteiger partial charge in [0, 0.05) is 36.3 Å². The normalized spacial score (nSPS) is 52.5. The fourth-order valence-corrected chi connectivity index (χ4v) is 6.17. The highest BCUT2D eigenvalue weighted by Gasteiger charge is 2.68. The van der Waals surface area contributed by atoms with Gasteiger partial charge in [-0.2, -0.15) is 0 Å². The predicted molar refractivity (Wildman–Crippen MR) is 85.8 cm³/mol. The van der Waals surface area contributed by atoms with Gasteiger partial charge in [0.1, 0.15) is 0 Å². The van der Waals surface area contributed by atoms with Crippen molar-refractivity contribution in [3.8, 4) is 0 Å². The van der Waals surface area contributed by atoms with Crippen LogP contribution in [0.15, 0.2) is 0 Å². The summed E-state index contributed by atoms with van der Waals surface area (Å²) in [6, 6.07) is 4.61. The summed E-state index contributed by atoms with van der Waals surface area (Å²) in [5.74, 6) is 3.52. The van der Waals surface area contributed by atoms with Crippen molar-refractivity contribution in [2.75, 3.05) is 0 Å². The lowest BCUT2D eigenvalue weighted by atomic mass is 9.60. The zero-order chi connectivity index (χ0) is 14.9. The summed E-state index contributed by atoms with van der Waals surface area (Å²) in [5.41, 5.74) is 0. The van der Waals surface area contributed by atoms with Gasteiger partial charge in [-0.05, 0) is 65.2 Å². The first-order valence-electron chi connectivity index (χ1n) is 8.83. The second-order valence-corrected chi connectivity index (χ2v) is 8.42. The highest BCUT2D eigenvalue weighted by atomic mass is 15.4. The number of nitrogens with zero attached hydrogens (tertiary/aromatic N) is 2. The van der Waals surface area contributed by atoms with Gasteiger partial charge in [0.2, 0.25) is 0 Å². The van der Waals surface area contributed by atoms with Crippen LogP contribution >= 0.6 is 0 Å². The standard InChI is InChI=1S/C18H34N2/c1-9(2)19-13(7)11(5)15-17(19)16-12(6)14(8)20(10(3)4)18(15)16/h9-18H,1-8H3/t11-,12-,13+,14+,15+,16-,17-,18?/m1/s1. The van der Waals surface area contributed by atoms with E-state index in [1.165, 1.54) is 0 Å². The van der Waals surface area contributed by atoms with Crippen molar-refractivity contribution in [1.82, 2.24) is 9.80 Å². The number of fused-ring (bicyclic) bond motifs is 4. The van der Waals surface area contributed by atoms with E-state index in [0.717, 1.165) is 47.8 Å². The highest BCUT2D eigenvalue weighted by Crippen LogP contribution is 2.60. The van der Waals surface area contributed by atoms with E-state index < -0.39 is 0 Å². The van der Waals surface area contributed by atoms with Crippen molar-refractivity contribution < 1.29 is 0 Å². The molecule has 0 spiro atoms. The molecule has 0 aromatic carbocycles. The Morgan fingerprint density at radius 2 is 0.900 bits per heavy atom. The zero-order valence-corrected chi connectivity index (χ0v) is 14.7. The van der Waals surface area contributed by atoms with Crippen molar-refractivity contribution >= 4 is 0 Å². The van der Waals surface area contributed by atoms with Crippen molar-refractivity contribution in [2.24, 2.45) is 23.7 Å². The zero-order valence-electron chi connectivity index (χ0n) is 14.7. The Hall–Kier alpha value is -0.0800. The van der Waals surface area contributed by atoms with Gasteiger partial charge in [-0.3, -0.25) is 9.80 Å². The van der Waals surface area contributed by atoms with Crippen molar-refractivity contribution in [3.63, 3.8) is 0 Å². The molecule has 2 nitrogen and oxygen atoms in total. The fourth-order valence-electron chi connectivity index (χ4n) is 6.17. The van der Waals surface area contributed by atoms with Crippen LogP contribution in [-0.4, -0.2) is 46.1 Å². The molecule has 2 saturated heterocycles. The molecule has 2 heteroatoms. The van der Waals surface area contributed by atoms with E-state index >= 15 is 0 Å². The minimum absolute atomic E-state index is 0.694. The van der Waals surface area contributed by atoms with Crippen LogP contribution in [0, 0.1) is 23.7 Å². The molecule has 0 unspecified atom stereocenters. The van der Waals surface area contributed by atoms with Gasteiger partial charge in [-0.25, -0.2) is 0 Å². The second-order valence-electron chi connectivity index (χ2n) is 8.42. The third-order valence-corrected chi connectivity index (χ3v) is 7.14. The van der Waals surface area contributed by atoms with Gasteiger partial charge in [0.15, 0.2) is 0 Å². The molecule has 0 radical (unpaired) electrons. The number of hydrogen-bond acceptors (Lipinski definition) is 2. The van der Waals surface area contributed by atoms with Gasteiger partial charge in [-0.15, -0.1) is 0 Å². The third-order valence-electron chi connectivity index (χ3n) is 7.14. The molecule has 1 saturated carbocycles. The van der Waals surface area contributed by atoms with Crippen LogP contribution in [0.5, 0.6) is 0 Å². The van der Waals surface area contributed by atoms with Crippen LogP contribution in [0.4, 0.5) is 0 Å². The molecule has 0 aromatic heterocycles. The lowest BCUT2D eigenvalue weighted by Gasteiger charge is -2.54. The molecule has 116 valence electrons. The molecule has 4 atom stereocenters. The van der Waals surface area contributed by atoms with Gasteiger partial charge in [0.25, 0.3) is 0 Å². The average Bonchev–Trinajstić information content (AvgIpc) is 2.67. The molecule has 3 rings (SSSR count). The first-order chi connectivity index (χ1) is 9.29. The van der Waals surface area contributed by atoms with E-state index in [-0.39, 0.29) is 0 Å². The summed E-state index contributed by atoms with van der Waals surface area (Å²) in [6.45, 7) is 19.5. The van der Waals surface area contributed by atoms with Gasteiger partial charge in [0.05, 0.1) is 0 Å². The lowest BCUT2D eigenvalue weighted by Crippen LogP contribution is -2.63. The molecule has 3 aliphatic rings. The number of rotatable bonds is 2. The summed E-state index contributed by atoms with van der Waals surface area (Å²) >= 11 is 0. The Morgan fingerprint density at radius 3 is 1.15 bits per heavy atom. The monoisotopic (exact) mass is 278 g/mol. The fraction of sp³-hybridized carbons (Fsp3) is 1.00. The smallest absolute Gasteiger partial charge is 0.0194 e. The Bertz CT molecular complexity index is 334. The minimum Gasteiger partial charge on any atom is -0.294 e. The van der Waals surface area contributed by atoms with Crippen molar-refractivity contribution in [1.29, 1.82) is 0 Å². The van der Waals surface area contributed by atoms with Crippen LogP contribution in [-0.2, 0) is 0 Å². The molecule has 0 aromatic rings. The van der Waals surface area contributed by atoms with E-state index in [0.29, 0.717) is 12.1 Å². The van der Waals surface area contributed by atoms with Crippen molar-refractivity contribution in [3.05, 3.63) is 0 Å². The molecule has 0 amide bonds. The SMILES string of the molecule is CC(C)N1C2[C@H]([C@H](C)[C@@H]1C)[C@H]1[C@@H]2[C@H](C)[C@H](C)N1C(C)C. The third kappa shape index (κ3) is 1.64. The molecule has 20 heavy (non-hydrogen) atoms. The van der Waals surface area contributed by atoms with Gasteiger partial charge < -0.3 is 0 Å². The van der Waals surface area contributed by atoms with Crippen LogP contribution in [0.1, 0.15) is 55.4 Å². The molecule has 2 heterocycles. The van der Waals surface area contributed by atoms with Crippen molar-refractivity contribution in [2.45, 2.75) is 91.6 Å².